The molecule has 3 rings (SSSR count). The fourth-order valence-electron chi connectivity index (χ4n) is 2.93. The molecule has 1 fully saturated rings. The van der Waals surface area contributed by atoms with Gasteiger partial charge in [-0.1, -0.05) is 41.9 Å². The Labute approximate surface area is 152 Å². The lowest BCUT2D eigenvalue weighted by Gasteiger charge is -2.26. The predicted molar refractivity (Wildman–Crippen MR) is 99.4 cm³/mol. The van der Waals surface area contributed by atoms with Crippen molar-refractivity contribution in [2.45, 2.75) is 26.3 Å². The normalized spacial score (nSPS) is 14.6. The molecule has 0 unspecified atom stereocenters. The van der Waals surface area contributed by atoms with Crippen molar-refractivity contribution in [2.24, 2.45) is 5.41 Å². The first-order valence-corrected chi connectivity index (χ1v) is 8.84. The van der Waals surface area contributed by atoms with Crippen LogP contribution in [0.3, 0.4) is 0 Å². The minimum atomic E-state index is -0.918. The zero-order chi connectivity index (χ0) is 17.9. The summed E-state index contributed by atoms with van der Waals surface area (Å²) in [5, 5.41) is 3.56. The third-order valence-electron chi connectivity index (χ3n) is 4.59. The SMILES string of the molecule is CCN(C(=O)C1(C(=O)NCc2ccc(Cl)cc2)CC1)c1ccccc1. The summed E-state index contributed by atoms with van der Waals surface area (Å²) in [6.07, 6.45) is 1.20. The summed E-state index contributed by atoms with van der Waals surface area (Å²) in [5.74, 6) is -0.309. The minimum absolute atomic E-state index is 0.116. The van der Waals surface area contributed by atoms with Gasteiger partial charge in [-0.05, 0) is 49.6 Å². The molecule has 0 spiro atoms. The maximum absolute atomic E-state index is 13.0. The van der Waals surface area contributed by atoms with Crippen molar-refractivity contribution in [2.75, 3.05) is 11.4 Å². The van der Waals surface area contributed by atoms with Crippen LogP contribution in [0, 0.1) is 5.41 Å². The summed E-state index contributed by atoms with van der Waals surface area (Å²) >= 11 is 5.87. The molecular formula is C20H21ClN2O2. The lowest BCUT2D eigenvalue weighted by Crippen LogP contribution is -2.45. The van der Waals surface area contributed by atoms with Crippen molar-refractivity contribution in [3.63, 3.8) is 0 Å². The van der Waals surface area contributed by atoms with Crippen LogP contribution in [0.1, 0.15) is 25.3 Å². The number of para-hydroxylation sites is 1. The van der Waals surface area contributed by atoms with E-state index >= 15 is 0 Å². The number of carbonyl (C=O) groups is 2. The van der Waals surface area contributed by atoms with E-state index in [9.17, 15) is 9.59 Å². The Morgan fingerprint density at radius 1 is 1.08 bits per heavy atom. The second-order valence-corrected chi connectivity index (χ2v) is 6.71. The average Bonchev–Trinajstić information content (AvgIpc) is 3.44. The van der Waals surface area contributed by atoms with Gasteiger partial charge in [0.25, 0.3) is 0 Å². The molecule has 2 amide bonds. The smallest absolute Gasteiger partial charge is 0.242 e. The van der Waals surface area contributed by atoms with Gasteiger partial charge in [0.05, 0.1) is 0 Å². The van der Waals surface area contributed by atoms with E-state index in [0.29, 0.717) is 31.0 Å². The molecular weight excluding hydrogens is 336 g/mol. The Morgan fingerprint density at radius 2 is 1.72 bits per heavy atom. The summed E-state index contributed by atoms with van der Waals surface area (Å²) in [6.45, 7) is 2.85. The van der Waals surface area contributed by atoms with E-state index in [1.165, 1.54) is 0 Å². The van der Waals surface area contributed by atoms with Crippen LogP contribution >= 0.6 is 11.6 Å². The first-order valence-electron chi connectivity index (χ1n) is 8.46. The number of nitrogens with one attached hydrogen (secondary N) is 1. The predicted octanol–water partition coefficient (Wildman–Crippen LogP) is 3.79. The molecule has 1 aliphatic carbocycles. The fourth-order valence-corrected chi connectivity index (χ4v) is 3.05. The minimum Gasteiger partial charge on any atom is -0.351 e. The van der Waals surface area contributed by atoms with Gasteiger partial charge in [0.15, 0.2) is 0 Å². The third-order valence-corrected chi connectivity index (χ3v) is 4.84. The molecule has 25 heavy (non-hydrogen) atoms. The van der Waals surface area contributed by atoms with Crippen molar-refractivity contribution in [1.29, 1.82) is 0 Å². The van der Waals surface area contributed by atoms with Crippen LogP contribution in [-0.4, -0.2) is 18.4 Å². The lowest BCUT2D eigenvalue weighted by molar-refractivity contribution is -0.135. The van der Waals surface area contributed by atoms with Crippen LogP contribution in [0.2, 0.25) is 5.02 Å². The first-order chi connectivity index (χ1) is 12.1. The van der Waals surface area contributed by atoms with Gasteiger partial charge in [-0.15, -0.1) is 0 Å². The van der Waals surface area contributed by atoms with Crippen LogP contribution in [0.4, 0.5) is 5.69 Å². The van der Waals surface area contributed by atoms with Gasteiger partial charge in [-0.3, -0.25) is 9.59 Å². The molecule has 1 aliphatic rings. The van der Waals surface area contributed by atoms with E-state index in [0.717, 1.165) is 11.3 Å². The summed E-state index contributed by atoms with van der Waals surface area (Å²) in [7, 11) is 0. The van der Waals surface area contributed by atoms with E-state index in [4.69, 9.17) is 11.6 Å². The molecule has 0 atom stereocenters. The first kappa shape index (κ1) is 17.5. The Bertz CT molecular complexity index is 755. The second-order valence-electron chi connectivity index (χ2n) is 6.28. The van der Waals surface area contributed by atoms with Crippen LogP contribution in [0.25, 0.3) is 0 Å². The molecule has 0 radical (unpaired) electrons. The number of hydrogen-bond acceptors (Lipinski definition) is 2. The monoisotopic (exact) mass is 356 g/mol. The Kier molecular flexibility index (Phi) is 5.09. The summed E-state index contributed by atoms with van der Waals surface area (Å²) < 4.78 is 0. The van der Waals surface area contributed by atoms with Gasteiger partial charge >= 0.3 is 0 Å². The van der Waals surface area contributed by atoms with Gasteiger partial charge < -0.3 is 10.2 Å². The van der Waals surface area contributed by atoms with Crippen molar-refractivity contribution < 1.29 is 9.59 Å². The summed E-state index contributed by atoms with van der Waals surface area (Å²) in [5.41, 5.74) is 0.862. The Hall–Kier alpha value is -2.33. The van der Waals surface area contributed by atoms with Gasteiger partial charge in [-0.2, -0.15) is 0 Å². The standard InChI is InChI=1S/C20H21ClN2O2/c1-2-23(17-6-4-3-5-7-17)19(25)20(12-13-20)18(24)22-14-15-8-10-16(21)11-9-15/h3-11H,2,12-14H2,1H3,(H,22,24). The van der Waals surface area contributed by atoms with Crippen LogP contribution in [0.15, 0.2) is 54.6 Å². The molecule has 1 saturated carbocycles. The zero-order valence-corrected chi connectivity index (χ0v) is 14.9. The second kappa shape index (κ2) is 7.28. The third kappa shape index (κ3) is 3.69. The maximum atomic E-state index is 13.0. The molecule has 1 N–H and O–H groups in total. The van der Waals surface area contributed by atoms with Crippen LogP contribution in [0.5, 0.6) is 0 Å². The van der Waals surface area contributed by atoms with Crippen LogP contribution in [-0.2, 0) is 16.1 Å². The topological polar surface area (TPSA) is 49.4 Å². The largest absolute Gasteiger partial charge is 0.351 e. The van der Waals surface area contributed by atoms with Crippen molar-refractivity contribution >= 4 is 29.1 Å². The molecule has 2 aromatic carbocycles. The number of amides is 2. The highest BCUT2D eigenvalue weighted by molar-refractivity contribution is 6.30. The van der Waals surface area contributed by atoms with Gasteiger partial charge in [0.2, 0.25) is 11.8 Å². The van der Waals surface area contributed by atoms with Gasteiger partial charge in [0, 0.05) is 23.8 Å². The highest BCUT2D eigenvalue weighted by atomic mass is 35.5. The Morgan fingerprint density at radius 3 is 2.28 bits per heavy atom. The highest BCUT2D eigenvalue weighted by Crippen LogP contribution is 2.48. The number of rotatable bonds is 6. The molecule has 0 saturated heterocycles. The molecule has 0 aromatic heterocycles. The molecule has 2 aromatic rings. The zero-order valence-electron chi connectivity index (χ0n) is 14.2. The summed E-state index contributed by atoms with van der Waals surface area (Å²) in [4.78, 5) is 27.4. The molecule has 5 heteroatoms. The molecule has 130 valence electrons. The lowest BCUT2D eigenvalue weighted by atomic mass is 10.0. The van der Waals surface area contributed by atoms with E-state index in [1.807, 2.05) is 49.4 Å². The summed E-state index contributed by atoms with van der Waals surface area (Å²) in [6, 6.07) is 16.8. The van der Waals surface area contributed by atoms with Crippen LogP contribution < -0.4 is 10.2 Å². The van der Waals surface area contributed by atoms with Crippen molar-refractivity contribution in [3.8, 4) is 0 Å². The number of anilines is 1. The van der Waals surface area contributed by atoms with E-state index in [2.05, 4.69) is 5.32 Å². The average molecular weight is 357 g/mol. The number of benzene rings is 2. The van der Waals surface area contributed by atoms with Gasteiger partial charge in [0.1, 0.15) is 5.41 Å². The molecule has 0 aliphatic heterocycles. The number of hydrogen-bond donors (Lipinski definition) is 1. The molecule has 0 bridgehead atoms. The van der Waals surface area contributed by atoms with Crippen molar-refractivity contribution in [3.05, 3.63) is 65.2 Å². The quantitative estimate of drug-likeness (QED) is 0.800. The maximum Gasteiger partial charge on any atom is 0.242 e. The fraction of sp³-hybridized carbons (Fsp3) is 0.300. The number of halogens is 1. The number of carbonyl (C=O) groups excluding carboxylic acids is 2. The van der Waals surface area contributed by atoms with Gasteiger partial charge in [-0.25, -0.2) is 0 Å². The van der Waals surface area contributed by atoms with E-state index in [1.54, 1.807) is 17.0 Å². The van der Waals surface area contributed by atoms with Crippen molar-refractivity contribution in [1.82, 2.24) is 5.32 Å². The molecule has 4 nitrogen and oxygen atoms in total. The number of nitrogens with zero attached hydrogens (tertiary/aromatic N) is 1. The van der Waals surface area contributed by atoms with E-state index < -0.39 is 5.41 Å². The highest BCUT2D eigenvalue weighted by Gasteiger charge is 2.57. The Balaban J connectivity index is 1.69. The molecule has 0 heterocycles. The van der Waals surface area contributed by atoms with E-state index in [-0.39, 0.29) is 11.8 Å².